The number of carbonyl (C=O) groups is 1. The summed E-state index contributed by atoms with van der Waals surface area (Å²) in [4.78, 5) is 28.5. The second-order valence-electron chi connectivity index (χ2n) is 7.95. The van der Waals surface area contributed by atoms with E-state index in [0.29, 0.717) is 39.6 Å². The molecule has 4 heterocycles. The van der Waals surface area contributed by atoms with E-state index in [1.54, 1.807) is 6.33 Å². The highest BCUT2D eigenvalue weighted by atomic mass is 35.5. The van der Waals surface area contributed by atoms with Gasteiger partial charge in [0.2, 0.25) is 0 Å². The highest BCUT2D eigenvalue weighted by Gasteiger charge is 2.16. The van der Waals surface area contributed by atoms with E-state index in [1.807, 2.05) is 22.8 Å². The van der Waals surface area contributed by atoms with Crippen molar-refractivity contribution in [1.82, 2.24) is 45.2 Å². The molecule has 0 radical (unpaired) electrons. The number of hydrogen-bond donors (Lipinski definition) is 4. The van der Waals surface area contributed by atoms with Crippen LogP contribution in [0.5, 0.6) is 0 Å². The van der Waals surface area contributed by atoms with Gasteiger partial charge in [-0.2, -0.15) is 15.4 Å². The van der Waals surface area contributed by atoms with E-state index in [1.165, 1.54) is 18.5 Å². The molecule has 0 aliphatic heterocycles. The fourth-order valence-electron chi connectivity index (χ4n) is 4.06. The van der Waals surface area contributed by atoms with Gasteiger partial charge in [0, 0.05) is 22.2 Å². The number of amides is 1. The predicted octanol–water partition coefficient (Wildman–Crippen LogP) is 2.93. The van der Waals surface area contributed by atoms with E-state index >= 15 is 0 Å². The largest absolute Gasteiger partial charge is 0.382 e. The third-order valence-electron chi connectivity index (χ3n) is 5.69. The predicted molar refractivity (Wildman–Crippen MR) is 127 cm³/mol. The maximum atomic E-state index is 14.4. The summed E-state index contributed by atoms with van der Waals surface area (Å²) in [6.07, 6.45) is 3.04. The van der Waals surface area contributed by atoms with Crippen LogP contribution in [0.4, 0.5) is 10.2 Å². The molecule has 11 nitrogen and oxygen atoms in total. The van der Waals surface area contributed by atoms with Crippen LogP contribution < -0.4 is 11.1 Å². The molecule has 2 aromatic carbocycles. The zero-order valence-corrected chi connectivity index (χ0v) is 18.6. The summed E-state index contributed by atoms with van der Waals surface area (Å²) >= 11 is 6.37. The molecule has 0 saturated heterocycles. The van der Waals surface area contributed by atoms with Crippen LogP contribution in [0.3, 0.4) is 0 Å². The normalized spacial score (nSPS) is 11.6. The fraction of sp³-hybridized carbons (Fsp3) is 0.0909. The zero-order valence-electron chi connectivity index (χ0n) is 17.9. The van der Waals surface area contributed by atoms with Crippen LogP contribution in [0.1, 0.15) is 21.6 Å². The first-order valence-electron chi connectivity index (χ1n) is 10.5. The van der Waals surface area contributed by atoms with E-state index in [-0.39, 0.29) is 12.1 Å². The maximum absolute atomic E-state index is 14.4. The number of hydrogen-bond acceptors (Lipinski definition) is 7. The number of nitrogens with two attached hydrogens (primary N) is 1. The lowest BCUT2D eigenvalue weighted by Crippen LogP contribution is -2.24. The number of carbonyl (C=O) groups excluding carboxylic acids is 1. The Hall–Kier alpha value is -4.58. The fourth-order valence-corrected chi connectivity index (χ4v) is 4.31. The van der Waals surface area contributed by atoms with Gasteiger partial charge in [-0.3, -0.25) is 4.79 Å². The van der Waals surface area contributed by atoms with Gasteiger partial charge >= 0.3 is 0 Å². The van der Waals surface area contributed by atoms with Crippen LogP contribution in [0.15, 0.2) is 43.0 Å². The molecule has 13 heteroatoms. The lowest BCUT2D eigenvalue weighted by molar-refractivity contribution is 0.0946. The average molecular weight is 491 g/mol. The van der Waals surface area contributed by atoms with Crippen LogP contribution >= 0.6 is 11.6 Å². The molecule has 0 fully saturated rings. The summed E-state index contributed by atoms with van der Waals surface area (Å²) in [5, 5.41) is 14.3. The highest BCUT2D eigenvalue weighted by Crippen LogP contribution is 2.27. The van der Waals surface area contributed by atoms with Crippen LogP contribution in [-0.2, 0) is 13.1 Å². The van der Waals surface area contributed by atoms with Crippen molar-refractivity contribution in [2.75, 3.05) is 5.73 Å². The van der Waals surface area contributed by atoms with Crippen molar-refractivity contribution in [3.63, 3.8) is 0 Å². The number of rotatable bonds is 5. The SMILES string of the molecule is Nc1ncnc2c1ncn2Cc1cc(Cl)cc2cc(CNC(=O)c3cc4n[nH]nc4cc3F)[nH]c12. The van der Waals surface area contributed by atoms with Gasteiger partial charge in [-0.1, -0.05) is 11.6 Å². The maximum Gasteiger partial charge on any atom is 0.254 e. The van der Waals surface area contributed by atoms with Crippen molar-refractivity contribution in [2.45, 2.75) is 13.1 Å². The van der Waals surface area contributed by atoms with Crippen molar-refractivity contribution in [1.29, 1.82) is 0 Å². The summed E-state index contributed by atoms with van der Waals surface area (Å²) in [6.45, 7) is 0.581. The van der Waals surface area contributed by atoms with Crippen molar-refractivity contribution in [3.05, 3.63) is 70.6 Å². The molecule has 1 amide bonds. The molecule has 0 unspecified atom stereocenters. The van der Waals surface area contributed by atoms with E-state index in [4.69, 9.17) is 17.3 Å². The lowest BCUT2D eigenvalue weighted by atomic mass is 10.1. The molecule has 0 aliphatic carbocycles. The third kappa shape index (κ3) is 3.69. The number of benzene rings is 2. The van der Waals surface area contributed by atoms with Gasteiger partial charge in [0.05, 0.1) is 30.5 Å². The van der Waals surface area contributed by atoms with Crippen LogP contribution in [-0.4, -0.2) is 45.8 Å². The van der Waals surface area contributed by atoms with Gasteiger partial charge in [-0.25, -0.2) is 19.3 Å². The topological polar surface area (TPSA) is 156 Å². The first-order chi connectivity index (χ1) is 17.0. The molecule has 0 atom stereocenters. The number of fused-ring (bicyclic) bond motifs is 3. The first-order valence-corrected chi connectivity index (χ1v) is 10.8. The summed E-state index contributed by atoms with van der Waals surface area (Å²) < 4.78 is 16.2. The number of nitrogens with one attached hydrogen (secondary N) is 3. The highest BCUT2D eigenvalue weighted by molar-refractivity contribution is 6.31. The zero-order chi connectivity index (χ0) is 24.1. The standard InChI is InChI=1S/C22H16ClFN10O/c23-12-1-10-3-13(6-26-22(35)14-4-16-17(5-15(14)24)32-33-31-16)30-18(10)11(2-12)7-34-9-29-19-20(25)27-8-28-21(19)34/h1-5,8-9,30H,6-7H2,(H,26,35)(H2,25,27,28)(H,31,32,33). The second-order valence-corrected chi connectivity index (χ2v) is 8.39. The van der Waals surface area contributed by atoms with E-state index < -0.39 is 11.7 Å². The van der Waals surface area contributed by atoms with E-state index in [0.717, 1.165) is 22.2 Å². The monoisotopic (exact) mass is 490 g/mol. The molecule has 4 aromatic heterocycles. The van der Waals surface area contributed by atoms with Crippen LogP contribution in [0, 0.1) is 5.82 Å². The van der Waals surface area contributed by atoms with Crippen LogP contribution in [0.2, 0.25) is 5.02 Å². The first kappa shape index (κ1) is 21.0. The van der Waals surface area contributed by atoms with Crippen LogP contribution in [0.25, 0.3) is 33.1 Å². The average Bonchev–Trinajstić information content (AvgIpc) is 3.56. The quantitative estimate of drug-likeness (QED) is 0.289. The number of anilines is 1. The Bertz CT molecular complexity index is 1750. The Morgan fingerprint density at radius 2 is 1.94 bits per heavy atom. The summed E-state index contributed by atoms with van der Waals surface area (Å²) in [5.41, 5.74) is 10.1. The van der Waals surface area contributed by atoms with Gasteiger partial charge in [0.25, 0.3) is 5.91 Å². The molecular weight excluding hydrogens is 475 g/mol. The van der Waals surface area contributed by atoms with Gasteiger partial charge in [0.15, 0.2) is 11.5 Å². The molecule has 0 aliphatic rings. The molecule has 6 aromatic rings. The number of aromatic nitrogens is 8. The summed E-state index contributed by atoms with van der Waals surface area (Å²) in [6, 6.07) is 8.09. The molecular formula is C22H16ClFN10O. The lowest BCUT2D eigenvalue weighted by Gasteiger charge is -2.07. The van der Waals surface area contributed by atoms with Gasteiger partial charge in [-0.05, 0) is 29.8 Å². The number of H-pyrrole nitrogens is 2. The van der Waals surface area contributed by atoms with Crippen molar-refractivity contribution >= 4 is 56.4 Å². The Labute approximate surface area is 200 Å². The van der Waals surface area contributed by atoms with Gasteiger partial charge < -0.3 is 20.6 Å². The Kier molecular flexibility index (Phi) is 4.81. The van der Waals surface area contributed by atoms with Crippen molar-refractivity contribution in [3.8, 4) is 0 Å². The molecule has 5 N–H and O–H groups in total. The Balaban J connectivity index is 1.27. The van der Waals surface area contributed by atoms with Crippen molar-refractivity contribution in [2.24, 2.45) is 0 Å². The molecule has 35 heavy (non-hydrogen) atoms. The number of aromatic amines is 2. The second kappa shape index (κ2) is 8.02. The molecule has 6 rings (SSSR count). The molecule has 0 saturated carbocycles. The minimum Gasteiger partial charge on any atom is -0.382 e. The van der Waals surface area contributed by atoms with E-state index in [2.05, 4.69) is 40.7 Å². The minimum absolute atomic E-state index is 0.112. The Morgan fingerprint density at radius 1 is 1.11 bits per heavy atom. The number of nitrogens with zero attached hydrogens (tertiary/aromatic N) is 6. The molecule has 0 bridgehead atoms. The van der Waals surface area contributed by atoms with Gasteiger partial charge in [-0.15, -0.1) is 0 Å². The third-order valence-corrected chi connectivity index (χ3v) is 5.91. The van der Waals surface area contributed by atoms with E-state index in [9.17, 15) is 9.18 Å². The summed E-state index contributed by atoms with van der Waals surface area (Å²) in [7, 11) is 0. The minimum atomic E-state index is -0.674. The summed E-state index contributed by atoms with van der Waals surface area (Å²) in [5.74, 6) is -0.930. The molecule has 174 valence electrons. The number of nitrogen functional groups attached to an aromatic ring is 1. The van der Waals surface area contributed by atoms with Gasteiger partial charge in [0.1, 0.15) is 28.7 Å². The smallest absolute Gasteiger partial charge is 0.254 e. The number of halogens is 2. The number of imidazole rings is 1. The molecule has 0 spiro atoms. The Morgan fingerprint density at radius 3 is 2.80 bits per heavy atom. The van der Waals surface area contributed by atoms with Crippen molar-refractivity contribution < 1.29 is 9.18 Å².